The van der Waals surface area contributed by atoms with E-state index in [9.17, 15) is 4.79 Å². The summed E-state index contributed by atoms with van der Waals surface area (Å²) in [5, 5.41) is 9.09. The number of esters is 1. The molecule has 0 spiro atoms. The third kappa shape index (κ3) is 3.91. The molecule has 0 radical (unpaired) electrons. The predicted octanol–water partition coefficient (Wildman–Crippen LogP) is 3.55. The number of hydrogen-bond acceptors (Lipinski definition) is 6. The van der Waals surface area contributed by atoms with Crippen molar-refractivity contribution >= 4 is 30.5 Å². The second-order valence-corrected chi connectivity index (χ2v) is 13.4. The van der Waals surface area contributed by atoms with Crippen LogP contribution in [0.5, 0.6) is 0 Å². The molecule has 0 fully saturated rings. The maximum Gasteiger partial charge on any atom is 0.356 e. The summed E-state index contributed by atoms with van der Waals surface area (Å²) in [7, 11) is 1.54. The van der Waals surface area contributed by atoms with Crippen molar-refractivity contribution in [3.05, 3.63) is 59.4 Å². The Labute approximate surface area is 175 Å². The fraction of sp³-hybridized carbons (Fsp3) is 0.273. The molecule has 154 valence electrons. The van der Waals surface area contributed by atoms with E-state index in [1.54, 1.807) is 10.7 Å². The molecule has 30 heavy (non-hydrogen) atoms. The lowest BCUT2D eigenvalue weighted by atomic mass is 10.0. The first kappa shape index (κ1) is 20.0. The molecule has 0 amide bonds. The van der Waals surface area contributed by atoms with Crippen molar-refractivity contribution < 1.29 is 13.9 Å². The molecule has 0 aliphatic heterocycles. The van der Waals surface area contributed by atoms with E-state index < -0.39 is 14.0 Å². The lowest BCUT2D eigenvalue weighted by Crippen LogP contribution is -2.36. The number of furan rings is 1. The number of aryl methyl sites for hydroxylation is 1. The van der Waals surface area contributed by atoms with Gasteiger partial charge in [-0.1, -0.05) is 49.1 Å². The van der Waals surface area contributed by atoms with Gasteiger partial charge in [-0.3, -0.25) is 4.68 Å². The Hall–Kier alpha value is -3.26. The second kappa shape index (κ2) is 7.53. The molecule has 0 atom stereocenters. The van der Waals surface area contributed by atoms with Gasteiger partial charge in [0.25, 0.3) is 0 Å². The van der Waals surface area contributed by atoms with Crippen molar-refractivity contribution in [2.75, 3.05) is 7.11 Å². The van der Waals surface area contributed by atoms with Crippen LogP contribution < -0.4 is 5.38 Å². The van der Waals surface area contributed by atoms with E-state index >= 15 is 0 Å². The highest BCUT2D eigenvalue weighted by molar-refractivity contribution is 6.87. The normalized spacial score (nSPS) is 11.8. The van der Waals surface area contributed by atoms with Gasteiger partial charge in [-0.05, 0) is 11.6 Å². The summed E-state index contributed by atoms with van der Waals surface area (Å²) in [5.74, 6) is -0.452. The highest BCUT2D eigenvalue weighted by Crippen LogP contribution is 2.25. The van der Waals surface area contributed by atoms with E-state index in [0.29, 0.717) is 17.6 Å². The molecule has 0 unspecified atom stereocenters. The maximum absolute atomic E-state index is 12.1. The average molecular weight is 421 g/mol. The number of rotatable bonds is 5. The van der Waals surface area contributed by atoms with Gasteiger partial charge in [-0.15, -0.1) is 5.10 Å². The molecule has 0 bridgehead atoms. The van der Waals surface area contributed by atoms with Crippen LogP contribution in [0.25, 0.3) is 22.4 Å². The van der Waals surface area contributed by atoms with Gasteiger partial charge in [0.15, 0.2) is 5.58 Å². The second-order valence-electron chi connectivity index (χ2n) is 8.38. The molecule has 0 saturated carbocycles. The van der Waals surface area contributed by atoms with Gasteiger partial charge < -0.3 is 9.15 Å². The average Bonchev–Trinajstić information content (AvgIpc) is 3.34. The molecule has 8 heteroatoms. The summed E-state index contributed by atoms with van der Waals surface area (Å²) in [6.45, 7) is 6.66. The van der Waals surface area contributed by atoms with Gasteiger partial charge in [0, 0.05) is 30.7 Å². The number of fused-ring (bicyclic) bond motifs is 1. The van der Waals surface area contributed by atoms with Crippen molar-refractivity contribution in [1.29, 1.82) is 0 Å². The van der Waals surface area contributed by atoms with Crippen LogP contribution in [0.15, 0.2) is 47.0 Å². The van der Waals surface area contributed by atoms with Crippen molar-refractivity contribution in [3.8, 4) is 11.3 Å². The topological polar surface area (TPSA) is 83.0 Å². The van der Waals surface area contributed by atoms with Crippen LogP contribution in [0.2, 0.25) is 19.6 Å². The number of nitrogens with zero attached hydrogens (tertiary/aromatic N) is 4. The molecule has 0 N–H and O–H groups in total. The number of aromatic nitrogens is 4. The molecule has 4 aromatic rings. The fourth-order valence-electron chi connectivity index (χ4n) is 3.29. The number of carbonyl (C=O) groups is 1. The third-order valence-corrected chi connectivity index (χ3v) is 6.66. The van der Waals surface area contributed by atoms with Gasteiger partial charge in [-0.2, -0.15) is 0 Å². The summed E-state index contributed by atoms with van der Waals surface area (Å²) < 4.78 is 12.8. The lowest BCUT2D eigenvalue weighted by Gasteiger charge is -2.10. The van der Waals surface area contributed by atoms with Crippen LogP contribution >= 0.6 is 0 Å². The van der Waals surface area contributed by atoms with Gasteiger partial charge in [0.1, 0.15) is 25.0 Å². The first-order chi connectivity index (χ1) is 14.2. The quantitative estimate of drug-likeness (QED) is 0.363. The van der Waals surface area contributed by atoms with E-state index in [1.807, 2.05) is 31.4 Å². The van der Waals surface area contributed by atoms with E-state index in [0.717, 1.165) is 33.4 Å². The van der Waals surface area contributed by atoms with Crippen LogP contribution in [0, 0.1) is 0 Å². The summed E-state index contributed by atoms with van der Waals surface area (Å²) in [6.07, 6.45) is 2.49. The van der Waals surface area contributed by atoms with E-state index in [4.69, 9.17) is 9.15 Å². The number of ether oxygens (including phenoxy) is 1. The molecule has 3 heterocycles. The number of hydrogen-bond donors (Lipinski definition) is 0. The molecule has 1 aromatic carbocycles. The zero-order valence-corrected chi connectivity index (χ0v) is 18.8. The summed E-state index contributed by atoms with van der Waals surface area (Å²) >= 11 is 0. The smallest absolute Gasteiger partial charge is 0.356 e. The number of pyridine rings is 1. The van der Waals surface area contributed by atoms with Crippen LogP contribution in [0.4, 0.5) is 0 Å². The molecule has 0 saturated heterocycles. The highest BCUT2D eigenvalue weighted by Gasteiger charge is 2.24. The zero-order valence-electron chi connectivity index (χ0n) is 17.8. The number of benzene rings is 1. The number of methoxy groups -OCH3 is 1. The molecule has 3 aromatic heterocycles. The Morgan fingerprint density at radius 1 is 1.17 bits per heavy atom. The SMILES string of the molecule is COC(=O)c1cc(Cc2ccc(-c3cn(C)nn3)cc2)c2oc([Si](C)(C)C)cc2n1. The first-order valence-corrected chi connectivity index (χ1v) is 13.2. The number of carbonyl (C=O) groups excluding carboxylic acids is 1. The van der Waals surface area contributed by atoms with Crippen LogP contribution in [-0.4, -0.2) is 41.1 Å². The molecular weight excluding hydrogens is 396 g/mol. The lowest BCUT2D eigenvalue weighted by molar-refractivity contribution is 0.0594. The van der Waals surface area contributed by atoms with Crippen molar-refractivity contribution in [3.63, 3.8) is 0 Å². The van der Waals surface area contributed by atoms with Crippen molar-refractivity contribution in [2.24, 2.45) is 7.05 Å². The fourth-order valence-corrected chi connectivity index (χ4v) is 4.27. The van der Waals surface area contributed by atoms with E-state index in [2.05, 4.69) is 47.1 Å². The van der Waals surface area contributed by atoms with E-state index in [-0.39, 0.29) is 0 Å². The molecule has 7 nitrogen and oxygen atoms in total. The Kier molecular flexibility index (Phi) is 5.03. The van der Waals surface area contributed by atoms with Crippen LogP contribution in [0.3, 0.4) is 0 Å². The predicted molar refractivity (Wildman–Crippen MR) is 118 cm³/mol. The largest absolute Gasteiger partial charge is 0.464 e. The Morgan fingerprint density at radius 3 is 2.50 bits per heavy atom. The highest BCUT2D eigenvalue weighted by atomic mass is 28.3. The van der Waals surface area contributed by atoms with Gasteiger partial charge >= 0.3 is 5.97 Å². The van der Waals surface area contributed by atoms with Gasteiger partial charge in [0.05, 0.1) is 18.7 Å². The maximum atomic E-state index is 12.1. The first-order valence-electron chi connectivity index (χ1n) is 9.72. The van der Waals surface area contributed by atoms with Gasteiger partial charge in [-0.25, -0.2) is 9.78 Å². The van der Waals surface area contributed by atoms with Gasteiger partial charge in [0.2, 0.25) is 0 Å². The zero-order chi connectivity index (χ0) is 21.5. The van der Waals surface area contributed by atoms with Crippen LogP contribution in [0.1, 0.15) is 21.6 Å². The molecule has 4 rings (SSSR count). The molecular formula is C22H24N4O3Si. The third-order valence-electron chi connectivity index (χ3n) is 4.94. The minimum Gasteiger partial charge on any atom is -0.464 e. The summed E-state index contributed by atoms with van der Waals surface area (Å²) in [5.41, 5.74) is 5.56. The Morgan fingerprint density at radius 2 is 1.90 bits per heavy atom. The molecule has 0 aliphatic carbocycles. The monoisotopic (exact) mass is 420 g/mol. The van der Waals surface area contributed by atoms with Crippen LogP contribution in [-0.2, 0) is 18.2 Å². The Balaban J connectivity index is 1.73. The van der Waals surface area contributed by atoms with Crippen molar-refractivity contribution in [2.45, 2.75) is 26.1 Å². The molecule has 0 aliphatic rings. The summed E-state index contributed by atoms with van der Waals surface area (Å²) in [4.78, 5) is 16.6. The Bertz CT molecular complexity index is 1220. The minimum absolute atomic E-state index is 0.291. The standard InChI is InChI=1S/C22H24N4O3Si/c1-26-13-19(24-25-26)15-8-6-14(7-9-15)10-16-11-18(22(27)28-2)23-17-12-20(29-21(16)17)30(3,4)5/h6-9,11-13H,10H2,1-5H3. The summed E-state index contributed by atoms with van der Waals surface area (Å²) in [6, 6.07) is 11.9. The minimum atomic E-state index is -1.66. The van der Waals surface area contributed by atoms with E-state index in [1.165, 1.54) is 7.11 Å². The van der Waals surface area contributed by atoms with Crippen molar-refractivity contribution in [1.82, 2.24) is 20.0 Å².